The third-order valence-electron chi connectivity index (χ3n) is 6.79. The van der Waals surface area contributed by atoms with Crippen LogP contribution in [0.2, 0.25) is 0 Å². The minimum absolute atomic E-state index is 0.0109. The molecule has 0 saturated heterocycles. The smallest absolute Gasteiger partial charge is 0.411 e. The third kappa shape index (κ3) is 4.45. The summed E-state index contributed by atoms with van der Waals surface area (Å²) in [6.45, 7) is -0.320. The monoisotopic (exact) mass is 472 g/mol. The molecule has 2 saturated carbocycles. The molecule has 2 fully saturated rings. The zero-order valence-corrected chi connectivity index (χ0v) is 19.0. The van der Waals surface area contributed by atoms with Gasteiger partial charge in [0.25, 0.3) is 0 Å². The topological polar surface area (TPSA) is 99.5 Å². The van der Waals surface area contributed by atoms with Crippen LogP contribution in [-0.4, -0.2) is 52.3 Å². The number of carbonyl (C=O) groups is 2. The Morgan fingerprint density at radius 3 is 2.70 bits per heavy atom. The van der Waals surface area contributed by atoms with E-state index >= 15 is 0 Å². The fourth-order valence-corrected chi connectivity index (χ4v) is 6.00. The largest absolute Gasteiger partial charge is 0.479 e. The van der Waals surface area contributed by atoms with Crippen LogP contribution in [0.1, 0.15) is 48.6 Å². The number of fused-ring (bicyclic) bond motifs is 2. The van der Waals surface area contributed by atoms with Crippen molar-refractivity contribution in [3.63, 3.8) is 0 Å². The number of para-hydroxylation sites is 1. The number of aliphatic hydroxyl groups excluding tert-OH is 1. The summed E-state index contributed by atoms with van der Waals surface area (Å²) in [5.41, 5.74) is 1.79. The van der Waals surface area contributed by atoms with Crippen LogP contribution >= 0.6 is 11.3 Å². The summed E-state index contributed by atoms with van der Waals surface area (Å²) in [4.78, 5) is 28.8. The Kier molecular flexibility index (Phi) is 6.27. The van der Waals surface area contributed by atoms with Crippen molar-refractivity contribution < 1.29 is 29.3 Å². The highest BCUT2D eigenvalue weighted by Gasteiger charge is 2.52. The molecule has 8 nitrogen and oxygen atoms in total. The molecule has 1 amide bonds. The third-order valence-corrected chi connectivity index (χ3v) is 7.64. The van der Waals surface area contributed by atoms with E-state index in [1.54, 1.807) is 16.2 Å². The van der Waals surface area contributed by atoms with Crippen LogP contribution in [0.4, 0.5) is 10.5 Å². The number of nitrogens with zero attached hydrogens (tertiary/aromatic N) is 2. The van der Waals surface area contributed by atoms with Gasteiger partial charge in [0.15, 0.2) is 6.61 Å². The summed E-state index contributed by atoms with van der Waals surface area (Å²) < 4.78 is 11.0. The Balaban J connectivity index is 1.46. The highest BCUT2D eigenvalue weighted by atomic mass is 32.1. The number of carboxylic acids is 1. The van der Waals surface area contributed by atoms with Crippen LogP contribution in [0.15, 0.2) is 41.8 Å². The molecule has 1 aromatic carbocycles. The van der Waals surface area contributed by atoms with Gasteiger partial charge in [0.1, 0.15) is 0 Å². The molecule has 4 unspecified atom stereocenters. The first-order chi connectivity index (χ1) is 16.0. The van der Waals surface area contributed by atoms with Gasteiger partial charge in [-0.1, -0.05) is 30.7 Å². The highest BCUT2D eigenvalue weighted by molar-refractivity contribution is 7.09. The molecule has 2 aliphatic carbocycles. The fourth-order valence-electron chi connectivity index (χ4n) is 5.38. The van der Waals surface area contributed by atoms with E-state index in [0.717, 1.165) is 48.2 Å². The molecule has 1 aromatic heterocycles. The van der Waals surface area contributed by atoms with Crippen LogP contribution < -0.4 is 4.90 Å². The van der Waals surface area contributed by atoms with Gasteiger partial charge in [0.05, 0.1) is 12.6 Å². The first-order valence-corrected chi connectivity index (χ1v) is 12.3. The summed E-state index contributed by atoms with van der Waals surface area (Å²) in [5.74, 6) is -1.07. The van der Waals surface area contributed by atoms with Crippen LogP contribution in [0.5, 0.6) is 0 Å². The lowest BCUT2D eigenvalue weighted by molar-refractivity contribution is -0.140. The summed E-state index contributed by atoms with van der Waals surface area (Å²) >= 11 is 1.59. The van der Waals surface area contributed by atoms with Crippen LogP contribution in [0.25, 0.3) is 0 Å². The van der Waals surface area contributed by atoms with E-state index in [1.165, 1.54) is 0 Å². The van der Waals surface area contributed by atoms with E-state index in [4.69, 9.17) is 14.6 Å². The molecule has 0 bridgehead atoms. The lowest BCUT2D eigenvalue weighted by Crippen LogP contribution is -2.54. The van der Waals surface area contributed by atoms with E-state index < -0.39 is 25.1 Å². The first-order valence-electron chi connectivity index (χ1n) is 11.4. The number of hydrogen-bond donors (Lipinski definition) is 2. The SMILES string of the molecule is O=C(O)COC(=O)N(C1CC1)C1c2ccccc2N(C(O)OCc2cccs2)C2CCCC12. The maximum atomic E-state index is 13.0. The van der Waals surface area contributed by atoms with Crippen LogP contribution in [0, 0.1) is 5.92 Å². The lowest BCUT2D eigenvalue weighted by atomic mass is 9.82. The van der Waals surface area contributed by atoms with Gasteiger partial charge >= 0.3 is 12.1 Å². The van der Waals surface area contributed by atoms with E-state index in [9.17, 15) is 14.7 Å². The Labute approximate surface area is 196 Å². The van der Waals surface area contributed by atoms with Crippen molar-refractivity contribution in [3.8, 4) is 0 Å². The van der Waals surface area contributed by atoms with Crippen molar-refractivity contribution in [1.82, 2.24) is 4.90 Å². The molecule has 0 spiro atoms. The summed E-state index contributed by atoms with van der Waals surface area (Å²) in [7, 11) is 0. The number of aliphatic hydroxyl groups is 1. The molecular weight excluding hydrogens is 444 g/mol. The zero-order chi connectivity index (χ0) is 22.9. The number of carbonyl (C=O) groups excluding carboxylic acids is 1. The number of rotatable bonds is 8. The fraction of sp³-hybridized carbons (Fsp3) is 0.500. The molecule has 3 aliphatic rings. The van der Waals surface area contributed by atoms with E-state index in [-0.39, 0.29) is 24.0 Å². The Morgan fingerprint density at radius 1 is 1.15 bits per heavy atom. The summed E-state index contributed by atoms with van der Waals surface area (Å²) in [5, 5.41) is 22.1. The second-order valence-corrected chi connectivity index (χ2v) is 9.91. The second kappa shape index (κ2) is 9.32. The van der Waals surface area contributed by atoms with Crippen molar-refractivity contribution in [2.75, 3.05) is 11.5 Å². The number of hydrogen-bond acceptors (Lipinski definition) is 7. The van der Waals surface area contributed by atoms with E-state index in [1.807, 2.05) is 46.7 Å². The van der Waals surface area contributed by atoms with Crippen LogP contribution in [0.3, 0.4) is 0 Å². The maximum Gasteiger partial charge on any atom is 0.411 e. The Morgan fingerprint density at radius 2 is 1.97 bits per heavy atom. The number of amides is 1. The predicted octanol–water partition coefficient (Wildman–Crippen LogP) is 3.96. The number of aliphatic carboxylic acids is 1. The molecule has 5 rings (SSSR count). The molecule has 2 N–H and O–H groups in total. The molecule has 9 heteroatoms. The average Bonchev–Trinajstić information content (AvgIpc) is 3.29. The highest BCUT2D eigenvalue weighted by Crippen LogP contribution is 2.53. The quantitative estimate of drug-likeness (QED) is 0.561. The standard InChI is InChI=1S/C24H28N2O6S/c27-21(28)14-32-23(29)25(15-10-11-15)22-17-6-1-2-8-19(17)26(20-9-3-7-18(20)22)24(30)31-13-16-5-4-12-33-16/h1-2,4-6,8,12,15,18,20,22,24,30H,3,7,9-11,13-14H2,(H,27,28). The number of thiophene rings is 1. The summed E-state index contributed by atoms with van der Waals surface area (Å²) in [6.07, 6.45) is 2.87. The van der Waals surface area contributed by atoms with Gasteiger partial charge in [-0.25, -0.2) is 9.59 Å². The van der Waals surface area contributed by atoms with Crippen molar-refractivity contribution in [1.29, 1.82) is 0 Å². The van der Waals surface area contributed by atoms with Gasteiger partial charge in [-0.2, -0.15) is 0 Å². The van der Waals surface area contributed by atoms with Crippen LogP contribution in [-0.2, 0) is 20.9 Å². The number of benzene rings is 1. The minimum atomic E-state index is -1.17. The molecule has 2 aromatic rings. The van der Waals surface area contributed by atoms with Gasteiger partial charge < -0.3 is 24.6 Å². The zero-order valence-electron chi connectivity index (χ0n) is 18.2. The molecule has 4 atom stereocenters. The second-order valence-electron chi connectivity index (χ2n) is 8.88. The Bertz CT molecular complexity index is 995. The Hall–Kier alpha value is -2.62. The average molecular weight is 473 g/mol. The molecular formula is C24H28N2O6S. The van der Waals surface area contributed by atoms with Gasteiger partial charge in [-0.05, 0) is 48.8 Å². The van der Waals surface area contributed by atoms with Gasteiger partial charge in [-0.3, -0.25) is 4.90 Å². The normalized spacial score (nSPS) is 24.6. The van der Waals surface area contributed by atoms with Gasteiger partial charge in [0, 0.05) is 28.6 Å². The van der Waals surface area contributed by atoms with Crippen molar-refractivity contribution in [2.45, 2.75) is 63.3 Å². The number of anilines is 1. The molecule has 2 heterocycles. The lowest BCUT2D eigenvalue weighted by Gasteiger charge is -2.49. The van der Waals surface area contributed by atoms with Crippen molar-refractivity contribution in [2.24, 2.45) is 5.92 Å². The van der Waals surface area contributed by atoms with Crippen molar-refractivity contribution >= 4 is 29.1 Å². The molecule has 176 valence electrons. The summed E-state index contributed by atoms with van der Waals surface area (Å²) in [6, 6.07) is 11.6. The molecule has 0 radical (unpaired) electrons. The van der Waals surface area contributed by atoms with E-state index in [0.29, 0.717) is 6.61 Å². The number of carboxylic acid groups (broad SMARTS) is 1. The van der Waals surface area contributed by atoms with E-state index in [2.05, 4.69) is 0 Å². The minimum Gasteiger partial charge on any atom is -0.479 e. The van der Waals surface area contributed by atoms with Gasteiger partial charge in [0.2, 0.25) is 6.41 Å². The molecule has 1 aliphatic heterocycles. The maximum absolute atomic E-state index is 13.0. The predicted molar refractivity (Wildman–Crippen MR) is 122 cm³/mol. The van der Waals surface area contributed by atoms with Gasteiger partial charge in [-0.15, -0.1) is 11.3 Å². The number of ether oxygens (including phenoxy) is 2. The molecule has 33 heavy (non-hydrogen) atoms. The first kappa shape index (κ1) is 22.2. The van der Waals surface area contributed by atoms with Crippen molar-refractivity contribution in [3.05, 3.63) is 52.2 Å².